The van der Waals surface area contributed by atoms with Gasteiger partial charge in [0, 0.05) is 25.1 Å². The highest BCUT2D eigenvalue weighted by Crippen LogP contribution is 2.18. The number of rotatable bonds is 5. The lowest BCUT2D eigenvalue weighted by Gasteiger charge is -2.04. The Labute approximate surface area is 104 Å². The van der Waals surface area contributed by atoms with Crippen LogP contribution in [0, 0.1) is 10.1 Å². The summed E-state index contributed by atoms with van der Waals surface area (Å²) in [5, 5.41) is 14.8. The topological polar surface area (TPSA) is 70.2 Å². The molecule has 6 nitrogen and oxygen atoms in total. The number of hydrogen-bond donors (Lipinski definition) is 0. The van der Waals surface area contributed by atoms with Crippen molar-refractivity contribution in [2.75, 3.05) is 6.61 Å². The number of aryl methyl sites for hydroxylation is 1. The second-order valence-corrected chi connectivity index (χ2v) is 3.83. The minimum absolute atomic E-state index is 0.132. The van der Waals surface area contributed by atoms with Gasteiger partial charge < -0.3 is 4.74 Å². The number of benzene rings is 1. The summed E-state index contributed by atoms with van der Waals surface area (Å²) in [7, 11) is 1.80. The largest absolute Gasteiger partial charge is 0.490 e. The molecule has 18 heavy (non-hydrogen) atoms. The van der Waals surface area contributed by atoms with Gasteiger partial charge in [-0.25, -0.2) is 0 Å². The molecule has 0 amide bonds. The molecule has 1 aromatic heterocycles. The van der Waals surface area contributed by atoms with E-state index >= 15 is 0 Å². The molecule has 0 aliphatic carbocycles. The van der Waals surface area contributed by atoms with E-state index in [1.165, 1.54) is 6.07 Å². The third-order valence-electron chi connectivity index (χ3n) is 2.51. The van der Waals surface area contributed by atoms with Gasteiger partial charge in [0.15, 0.2) is 5.75 Å². The first-order valence-corrected chi connectivity index (χ1v) is 5.50. The van der Waals surface area contributed by atoms with E-state index in [0.717, 1.165) is 0 Å². The van der Waals surface area contributed by atoms with Crippen LogP contribution < -0.4 is 4.74 Å². The molecular weight excluding hydrogens is 234 g/mol. The van der Waals surface area contributed by atoms with E-state index in [-0.39, 0.29) is 10.6 Å². The Kier molecular flexibility index (Phi) is 3.57. The maximum absolute atomic E-state index is 10.8. The maximum atomic E-state index is 10.8. The Morgan fingerprint density at radius 3 is 2.89 bits per heavy atom. The Bertz CT molecular complexity index is 551. The number of ether oxygens (including phenoxy) is 1. The Balaban J connectivity index is 1.96. The lowest BCUT2D eigenvalue weighted by Crippen LogP contribution is -2.03. The number of hydrogen-bond acceptors (Lipinski definition) is 4. The Hall–Kier alpha value is -2.37. The van der Waals surface area contributed by atoms with Gasteiger partial charge in [0.2, 0.25) is 0 Å². The fourth-order valence-electron chi connectivity index (χ4n) is 1.65. The zero-order valence-electron chi connectivity index (χ0n) is 9.94. The number of nitrogens with zero attached hydrogens (tertiary/aromatic N) is 3. The van der Waals surface area contributed by atoms with Gasteiger partial charge in [-0.3, -0.25) is 14.8 Å². The molecule has 0 saturated heterocycles. The molecule has 0 bridgehead atoms. The summed E-state index contributed by atoms with van der Waals surface area (Å²) in [5.74, 6) is 0.663. The molecule has 1 aromatic carbocycles. The van der Waals surface area contributed by atoms with Crippen molar-refractivity contribution >= 4 is 5.69 Å². The monoisotopic (exact) mass is 247 g/mol. The first-order valence-electron chi connectivity index (χ1n) is 5.50. The summed E-state index contributed by atoms with van der Waals surface area (Å²) in [6, 6.07) is 6.68. The lowest BCUT2D eigenvalue weighted by molar-refractivity contribution is -0.385. The third-order valence-corrected chi connectivity index (χ3v) is 2.51. The van der Waals surface area contributed by atoms with Crippen LogP contribution >= 0.6 is 0 Å². The van der Waals surface area contributed by atoms with Gasteiger partial charge >= 0.3 is 0 Å². The van der Waals surface area contributed by atoms with Crippen LogP contribution in [0.4, 0.5) is 5.69 Å². The van der Waals surface area contributed by atoms with Crippen molar-refractivity contribution in [3.8, 4) is 5.75 Å². The van der Waals surface area contributed by atoms with Crippen LogP contribution in [0.1, 0.15) is 5.56 Å². The van der Waals surface area contributed by atoms with Gasteiger partial charge in [0.05, 0.1) is 23.9 Å². The third kappa shape index (κ3) is 2.85. The highest BCUT2D eigenvalue weighted by molar-refractivity contribution is 5.39. The minimum atomic E-state index is -0.376. The summed E-state index contributed by atoms with van der Waals surface area (Å²) in [6.07, 6.45) is 3.85. The quantitative estimate of drug-likeness (QED) is 0.598. The molecule has 0 aliphatic rings. The maximum Gasteiger partial charge on any atom is 0.272 e. The van der Waals surface area contributed by atoms with Crippen molar-refractivity contribution in [1.82, 2.24) is 9.78 Å². The predicted molar refractivity (Wildman–Crippen MR) is 65.5 cm³/mol. The highest BCUT2D eigenvalue weighted by atomic mass is 16.6. The number of nitro benzene ring substituents is 1. The van der Waals surface area contributed by atoms with Crippen LogP contribution in [0.25, 0.3) is 0 Å². The normalized spacial score (nSPS) is 10.3. The van der Waals surface area contributed by atoms with E-state index in [9.17, 15) is 10.1 Å². The molecule has 2 aromatic rings. The summed E-state index contributed by atoms with van der Waals surface area (Å²) < 4.78 is 7.10. The molecule has 0 aliphatic heterocycles. The van der Waals surface area contributed by atoms with Gasteiger partial charge in [0.1, 0.15) is 0 Å². The van der Waals surface area contributed by atoms with Crippen LogP contribution in [-0.2, 0) is 13.5 Å². The zero-order valence-corrected chi connectivity index (χ0v) is 9.94. The van der Waals surface area contributed by atoms with E-state index in [1.807, 2.05) is 0 Å². The smallest absolute Gasteiger partial charge is 0.272 e. The van der Waals surface area contributed by atoms with Crippen LogP contribution in [0.5, 0.6) is 5.75 Å². The standard InChI is InChI=1S/C12H13N3O3/c1-14-9-11(8-13-14)18-7-6-10-4-2-3-5-12(10)15(16)17/h2-5,8-9H,6-7H2,1H3. The molecular formula is C12H13N3O3. The molecule has 0 radical (unpaired) electrons. The fourth-order valence-corrected chi connectivity index (χ4v) is 1.65. The van der Waals surface area contributed by atoms with Gasteiger partial charge in [-0.2, -0.15) is 5.10 Å². The van der Waals surface area contributed by atoms with Crippen molar-refractivity contribution in [3.63, 3.8) is 0 Å². The summed E-state index contributed by atoms with van der Waals surface area (Å²) in [5.41, 5.74) is 0.804. The number of nitro groups is 1. The average molecular weight is 247 g/mol. The second kappa shape index (κ2) is 5.31. The number of aromatic nitrogens is 2. The van der Waals surface area contributed by atoms with E-state index in [2.05, 4.69) is 5.10 Å². The molecule has 0 N–H and O–H groups in total. The molecule has 0 saturated carbocycles. The Morgan fingerprint density at radius 2 is 2.22 bits per heavy atom. The molecule has 1 heterocycles. The van der Waals surface area contributed by atoms with E-state index in [1.54, 1.807) is 42.3 Å². The van der Waals surface area contributed by atoms with Crippen LogP contribution in [0.15, 0.2) is 36.7 Å². The van der Waals surface area contributed by atoms with Crippen LogP contribution in [0.3, 0.4) is 0 Å². The van der Waals surface area contributed by atoms with Gasteiger partial charge in [0.25, 0.3) is 5.69 Å². The predicted octanol–water partition coefficient (Wildman–Crippen LogP) is 1.95. The summed E-state index contributed by atoms with van der Waals surface area (Å²) in [4.78, 5) is 10.4. The van der Waals surface area contributed by atoms with E-state index in [4.69, 9.17) is 4.74 Å². The number of para-hydroxylation sites is 1. The molecule has 94 valence electrons. The van der Waals surface area contributed by atoms with E-state index in [0.29, 0.717) is 24.3 Å². The van der Waals surface area contributed by atoms with Crippen molar-refractivity contribution < 1.29 is 9.66 Å². The molecule has 0 unspecified atom stereocenters. The summed E-state index contributed by atoms with van der Waals surface area (Å²) in [6.45, 7) is 0.385. The van der Waals surface area contributed by atoms with Gasteiger partial charge in [-0.15, -0.1) is 0 Å². The Morgan fingerprint density at radius 1 is 1.44 bits per heavy atom. The van der Waals surface area contributed by atoms with Crippen LogP contribution in [-0.4, -0.2) is 21.3 Å². The molecule has 2 rings (SSSR count). The second-order valence-electron chi connectivity index (χ2n) is 3.83. The van der Waals surface area contributed by atoms with Gasteiger partial charge in [-0.05, 0) is 0 Å². The average Bonchev–Trinajstić information content (AvgIpc) is 2.75. The van der Waals surface area contributed by atoms with E-state index < -0.39 is 0 Å². The first kappa shape index (κ1) is 12.1. The molecule has 0 fully saturated rings. The fraction of sp³-hybridized carbons (Fsp3) is 0.250. The van der Waals surface area contributed by atoms with Crippen molar-refractivity contribution in [1.29, 1.82) is 0 Å². The first-order chi connectivity index (χ1) is 8.66. The zero-order chi connectivity index (χ0) is 13.0. The van der Waals surface area contributed by atoms with Crippen LogP contribution in [0.2, 0.25) is 0 Å². The molecule has 6 heteroatoms. The van der Waals surface area contributed by atoms with Crippen molar-refractivity contribution in [2.45, 2.75) is 6.42 Å². The van der Waals surface area contributed by atoms with Crippen molar-refractivity contribution in [2.24, 2.45) is 7.05 Å². The SMILES string of the molecule is Cn1cc(OCCc2ccccc2[N+](=O)[O-])cn1. The minimum Gasteiger partial charge on any atom is -0.490 e. The molecule has 0 atom stereocenters. The molecule has 0 spiro atoms. The van der Waals surface area contributed by atoms with Gasteiger partial charge in [-0.1, -0.05) is 18.2 Å². The highest BCUT2D eigenvalue weighted by Gasteiger charge is 2.11. The lowest BCUT2D eigenvalue weighted by atomic mass is 10.1. The summed E-state index contributed by atoms with van der Waals surface area (Å²) >= 11 is 0. The van der Waals surface area contributed by atoms with Crippen molar-refractivity contribution in [3.05, 3.63) is 52.3 Å².